The first-order valence-corrected chi connectivity index (χ1v) is 14.6. The van der Waals surface area contributed by atoms with Crippen molar-refractivity contribution in [1.29, 1.82) is 0 Å². The molecule has 12 heteroatoms. The molecule has 1 saturated heterocycles. The van der Waals surface area contributed by atoms with Crippen LogP contribution < -0.4 is 20.6 Å². The molecule has 10 nitrogen and oxygen atoms in total. The highest BCUT2D eigenvalue weighted by molar-refractivity contribution is 6.34. The summed E-state index contributed by atoms with van der Waals surface area (Å²) in [6.07, 6.45) is 3.72. The Morgan fingerprint density at radius 3 is 2.86 bits per heavy atom. The summed E-state index contributed by atoms with van der Waals surface area (Å²) < 4.78 is 23.1. The fourth-order valence-electron chi connectivity index (χ4n) is 6.22. The summed E-state index contributed by atoms with van der Waals surface area (Å²) in [5.41, 5.74) is 1.64. The van der Waals surface area contributed by atoms with Crippen LogP contribution in [0.4, 0.5) is 15.9 Å². The van der Waals surface area contributed by atoms with E-state index in [1.807, 2.05) is 18.7 Å². The third kappa shape index (κ3) is 4.41. The van der Waals surface area contributed by atoms with Gasteiger partial charge in [-0.3, -0.25) is 9.78 Å². The van der Waals surface area contributed by atoms with E-state index >= 15 is 4.39 Å². The Morgan fingerprint density at radius 1 is 1.23 bits per heavy atom. The lowest BCUT2D eigenvalue weighted by molar-refractivity contribution is -0.126. The third-order valence-electron chi connectivity index (χ3n) is 8.25. The van der Waals surface area contributed by atoms with Crippen molar-refractivity contribution in [1.82, 2.24) is 24.4 Å². The van der Waals surface area contributed by atoms with Gasteiger partial charge >= 0.3 is 5.69 Å². The molecule has 1 amide bonds. The number of pyridine rings is 2. The summed E-state index contributed by atoms with van der Waals surface area (Å²) in [4.78, 5) is 44.5. The molecule has 43 heavy (non-hydrogen) atoms. The van der Waals surface area contributed by atoms with E-state index in [9.17, 15) is 9.59 Å². The first kappa shape index (κ1) is 27.3. The van der Waals surface area contributed by atoms with Gasteiger partial charge in [0.15, 0.2) is 5.65 Å². The van der Waals surface area contributed by atoms with Gasteiger partial charge in [-0.2, -0.15) is 4.98 Å². The van der Waals surface area contributed by atoms with E-state index in [4.69, 9.17) is 21.3 Å². The fraction of sp³-hybridized carbons (Fsp3) is 0.323. The van der Waals surface area contributed by atoms with Crippen molar-refractivity contribution in [3.8, 4) is 22.7 Å². The lowest BCUT2D eigenvalue weighted by Crippen LogP contribution is -2.49. The Kier molecular flexibility index (Phi) is 6.57. The number of carbonyl (C=O) groups is 1. The third-order valence-corrected chi connectivity index (χ3v) is 8.54. The SMILES string of the molecule is C=CC(=O)N1CCN(c2nc(=O)n3c4nc(c(Cl)cc24)-c2c(F)cccc2NCCOc2ccnc(C(C)C)c2-3)C2C[C@H]21. The van der Waals surface area contributed by atoms with Crippen LogP contribution in [0.5, 0.6) is 5.75 Å². The Balaban J connectivity index is 1.53. The van der Waals surface area contributed by atoms with Gasteiger partial charge in [0.25, 0.3) is 0 Å². The maximum Gasteiger partial charge on any atom is 0.356 e. The van der Waals surface area contributed by atoms with Crippen molar-refractivity contribution in [3.05, 3.63) is 76.2 Å². The predicted molar refractivity (Wildman–Crippen MR) is 163 cm³/mol. The number of hydrogen-bond acceptors (Lipinski definition) is 8. The lowest BCUT2D eigenvalue weighted by atomic mass is 10.1. The standard InChI is InChI=1S/C31H29ClFN7O3/c1-4-24(41)38-11-12-39(22-15-21(22)38)29-17-14-18(32)27-25-19(33)6-5-7-20(25)34-10-13-43-23-8-9-35-26(16(2)3)28(23)40(30(17)36-27)31(42)37-29/h4-9,14,16,21-22,34H,1,10-13,15H2,2-3H3/t21-,22?/m1/s1. The molecule has 7 rings (SSSR count). The minimum absolute atomic E-state index is 0.00277. The second-order valence-corrected chi connectivity index (χ2v) is 11.6. The van der Waals surface area contributed by atoms with E-state index in [2.05, 4.69) is 21.9 Å². The van der Waals surface area contributed by atoms with Crippen LogP contribution in [0, 0.1) is 5.82 Å². The molecule has 1 saturated carbocycles. The number of rotatable bonds is 3. The summed E-state index contributed by atoms with van der Waals surface area (Å²) in [6.45, 7) is 9.10. The molecule has 0 radical (unpaired) electrons. The van der Waals surface area contributed by atoms with Crippen LogP contribution >= 0.6 is 11.6 Å². The topological polar surface area (TPSA) is 105 Å². The number of nitrogens with one attached hydrogen (secondary N) is 1. The maximum atomic E-state index is 15.5. The Bertz CT molecular complexity index is 1880. The van der Waals surface area contributed by atoms with Gasteiger partial charge in [-0.25, -0.2) is 18.7 Å². The molecule has 1 unspecified atom stereocenters. The number of ether oxygens (including phenoxy) is 1. The molecule has 3 aliphatic rings. The van der Waals surface area contributed by atoms with Crippen LogP contribution in [0.3, 0.4) is 0 Å². The lowest BCUT2D eigenvalue weighted by Gasteiger charge is -2.35. The summed E-state index contributed by atoms with van der Waals surface area (Å²) >= 11 is 6.90. The number of hydrogen-bond donors (Lipinski definition) is 1. The van der Waals surface area contributed by atoms with Gasteiger partial charge in [-0.1, -0.05) is 38.1 Å². The second-order valence-electron chi connectivity index (χ2n) is 11.2. The van der Waals surface area contributed by atoms with Crippen molar-refractivity contribution in [2.75, 3.05) is 36.5 Å². The van der Waals surface area contributed by atoms with Crippen molar-refractivity contribution in [2.24, 2.45) is 0 Å². The number of fused-ring (bicyclic) bond motifs is 6. The van der Waals surface area contributed by atoms with Gasteiger partial charge in [0.2, 0.25) is 5.91 Å². The highest BCUT2D eigenvalue weighted by Gasteiger charge is 2.51. The van der Waals surface area contributed by atoms with Gasteiger partial charge in [-0.15, -0.1) is 0 Å². The van der Waals surface area contributed by atoms with E-state index in [1.54, 1.807) is 35.4 Å². The molecule has 1 aromatic carbocycles. The molecule has 4 aromatic rings. The van der Waals surface area contributed by atoms with E-state index in [1.165, 1.54) is 16.7 Å². The fourth-order valence-corrected chi connectivity index (χ4v) is 6.46. The largest absolute Gasteiger partial charge is 0.489 e. The zero-order valence-corrected chi connectivity index (χ0v) is 24.4. The Hall–Kier alpha value is -4.51. The number of carbonyl (C=O) groups excluding carboxylic acids is 1. The highest BCUT2D eigenvalue weighted by atomic mass is 35.5. The molecular formula is C31H29ClFN7O3. The van der Waals surface area contributed by atoms with Crippen LogP contribution in [0.1, 0.15) is 31.9 Å². The van der Waals surface area contributed by atoms with Crippen LogP contribution in [0.2, 0.25) is 5.02 Å². The minimum Gasteiger partial charge on any atom is -0.489 e. The summed E-state index contributed by atoms with van der Waals surface area (Å²) in [5, 5.41) is 3.98. The van der Waals surface area contributed by atoms with Crippen LogP contribution in [0.15, 0.2) is 54.0 Å². The number of halogens is 2. The quantitative estimate of drug-likeness (QED) is 0.341. The number of benzene rings is 1. The molecular weight excluding hydrogens is 573 g/mol. The molecule has 2 bridgehead atoms. The second kappa shape index (κ2) is 10.3. The Morgan fingerprint density at radius 2 is 2.07 bits per heavy atom. The van der Waals surface area contributed by atoms with E-state index in [-0.39, 0.29) is 52.4 Å². The first-order chi connectivity index (χ1) is 20.8. The predicted octanol–water partition coefficient (Wildman–Crippen LogP) is 4.54. The van der Waals surface area contributed by atoms with E-state index < -0.39 is 11.5 Å². The van der Waals surface area contributed by atoms with Crippen LogP contribution in [0.25, 0.3) is 28.0 Å². The minimum atomic E-state index is -0.575. The molecule has 0 spiro atoms. The van der Waals surface area contributed by atoms with E-state index in [0.29, 0.717) is 53.7 Å². The van der Waals surface area contributed by atoms with Gasteiger partial charge in [0.05, 0.1) is 39.4 Å². The molecule has 2 aliphatic heterocycles. The van der Waals surface area contributed by atoms with Crippen molar-refractivity contribution < 1.29 is 13.9 Å². The molecule has 5 heterocycles. The molecule has 1 aliphatic carbocycles. The van der Waals surface area contributed by atoms with Gasteiger partial charge in [-0.05, 0) is 36.6 Å². The molecule has 2 atom stereocenters. The van der Waals surface area contributed by atoms with Crippen LogP contribution in [-0.4, -0.2) is 68.7 Å². The number of anilines is 2. The van der Waals surface area contributed by atoms with E-state index in [0.717, 1.165) is 6.42 Å². The monoisotopic (exact) mass is 601 g/mol. The molecule has 2 fully saturated rings. The number of piperazine rings is 1. The summed E-state index contributed by atoms with van der Waals surface area (Å²) in [7, 11) is 0. The average molecular weight is 602 g/mol. The van der Waals surface area contributed by atoms with Crippen molar-refractivity contribution in [3.63, 3.8) is 0 Å². The smallest absolute Gasteiger partial charge is 0.356 e. The zero-order chi connectivity index (χ0) is 30.0. The summed E-state index contributed by atoms with van der Waals surface area (Å²) in [6, 6.07) is 8.11. The summed E-state index contributed by atoms with van der Waals surface area (Å²) in [5.74, 6) is 0.186. The first-order valence-electron chi connectivity index (χ1n) is 14.3. The zero-order valence-electron chi connectivity index (χ0n) is 23.7. The number of aromatic nitrogens is 4. The average Bonchev–Trinajstić information content (AvgIpc) is 3.79. The molecule has 220 valence electrons. The highest BCUT2D eigenvalue weighted by Crippen LogP contribution is 2.43. The van der Waals surface area contributed by atoms with Crippen molar-refractivity contribution in [2.45, 2.75) is 38.3 Å². The van der Waals surface area contributed by atoms with Gasteiger partial charge < -0.3 is 19.9 Å². The maximum absolute atomic E-state index is 15.5. The van der Waals surface area contributed by atoms with Crippen molar-refractivity contribution >= 4 is 40.0 Å². The van der Waals surface area contributed by atoms with Gasteiger partial charge in [0.1, 0.15) is 29.7 Å². The number of nitrogens with zero attached hydrogens (tertiary/aromatic N) is 6. The number of amides is 1. The molecule has 1 N–H and O–H groups in total. The Labute approximate surface area is 251 Å². The van der Waals surface area contributed by atoms with Crippen LogP contribution in [-0.2, 0) is 4.79 Å². The molecule has 3 aromatic heterocycles. The normalized spacial score (nSPS) is 19.0. The van der Waals surface area contributed by atoms with Gasteiger partial charge in [0, 0.05) is 37.6 Å².